The summed E-state index contributed by atoms with van der Waals surface area (Å²) >= 11 is 0. The summed E-state index contributed by atoms with van der Waals surface area (Å²) in [7, 11) is 1.36. The zero-order valence-electron chi connectivity index (χ0n) is 15.4. The Morgan fingerprint density at radius 1 is 1.30 bits per heavy atom. The fourth-order valence-corrected chi connectivity index (χ4v) is 2.24. The van der Waals surface area contributed by atoms with Crippen molar-refractivity contribution >= 4 is 11.8 Å². The van der Waals surface area contributed by atoms with Crippen LogP contribution in [0.4, 0.5) is 5.82 Å². The zero-order valence-corrected chi connectivity index (χ0v) is 15.4. The summed E-state index contributed by atoms with van der Waals surface area (Å²) in [5.74, 6) is 7.24. The van der Waals surface area contributed by atoms with E-state index in [9.17, 15) is 4.79 Å². The second-order valence-electron chi connectivity index (χ2n) is 5.89. The molecule has 0 atom stereocenters. The number of benzene rings is 1. The Morgan fingerprint density at radius 2 is 2.00 bits per heavy atom. The van der Waals surface area contributed by atoms with E-state index in [4.69, 9.17) is 22.0 Å². The van der Waals surface area contributed by atoms with Gasteiger partial charge in [-0.1, -0.05) is 12.1 Å². The Labute approximate surface area is 157 Å². The van der Waals surface area contributed by atoms with Crippen LogP contribution >= 0.6 is 0 Å². The first kappa shape index (κ1) is 20.0. The number of aryl methyl sites for hydroxylation is 1. The van der Waals surface area contributed by atoms with Crippen LogP contribution < -0.4 is 22.0 Å². The minimum atomic E-state index is -0.293. The molecule has 27 heavy (non-hydrogen) atoms. The molecule has 0 bridgehead atoms. The molecule has 0 fully saturated rings. The van der Waals surface area contributed by atoms with Crippen LogP contribution in [0, 0.1) is 6.92 Å². The molecule has 0 aliphatic carbocycles. The normalized spacial score (nSPS) is 11.1. The predicted octanol–water partition coefficient (Wildman–Crippen LogP) is 0.638. The van der Waals surface area contributed by atoms with Crippen LogP contribution in [0.1, 0.15) is 17.0 Å². The van der Waals surface area contributed by atoms with Crippen LogP contribution in [0.3, 0.4) is 0 Å². The van der Waals surface area contributed by atoms with Crippen molar-refractivity contribution in [1.29, 1.82) is 0 Å². The van der Waals surface area contributed by atoms with Gasteiger partial charge in [0.1, 0.15) is 24.0 Å². The molecule has 9 nitrogen and oxygen atoms in total. The van der Waals surface area contributed by atoms with Gasteiger partial charge in [0.15, 0.2) is 0 Å². The lowest BCUT2D eigenvalue weighted by Gasteiger charge is -2.16. The van der Waals surface area contributed by atoms with E-state index in [-0.39, 0.29) is 19.0 Å². The van der Waals surface area contributed by atoms with Gasteiger partial charge >= 0.3 is 5.97 Å². The molecule has 0 spiro atoms. The maximum Gasteiger partial charge on any atom is 0.309 e. The highest BCUT2D eigenvalue weighted by molar-refractivity contribution is 5.72. The summed E-state index contributed by atoms with van der Waals surface area (Å²) in [6.45, 7) is 2.23. The number of nitrogens with zero attached hydrogens (tertiary/aromatic N) is 3. The van der Waals surface area contributed by atoms with E-state index in [1.165, 1.54) is 12.1 Å². The second kappa shape index (κ2) is 9.39. The molecule has 0 aliphatic heterocycles. The molecule has 1 aromatic heterocycles. The highest BCUT2D eigenvalue weighted by Crippen LogP contribution is 2.14. The van der Waals surface area contributed by atoms with Crippen molar-refractivity contribution in [3.63, 3.8) is 0 Å². The van der Waals surface area contributed by atoms with Gasteiger partial charge in [0.2, 0.25) is 0 Å². The van der Waals surface area contributed by atoms with Gasteiger partial charge in [-0.25, -0.2) is 15.8 Å². The van der Waals surface area contributed by atoms with Gasteiger partial charge in [-0.15, -0.1) is 0 Å². The number of nitrogen functional groups attached to an aromatic ring is 1. The summed E-state index contributed by atoms with van der Waals surface area (Å²) in [5.41, 5.74) is 13.8. The summed E-state index contributed by atoms with van der Waals surface area (Å²) in [4.78, 5) is 19.4. The van der Waals surface area contributed by atoms with E-state index in [0.717, 1.165) is 5.56 Å². The van der Waals surface area contributed by atoms with Gasteiger partial charge < -0.3 is 25.9 Å². The van der Waals surface area contributed by atoms with E-state index in [2.05, 4.69) is 14.7 Å². The molecule has 0 amide bonds. The fraction of sp³-hybridized carbons (Fsp3) is 0.278. The Hall–Kier alpha value is -3.33. The first-order valence-electron chi connectivity index (χ1n) is 8.21. The molecule has 144 valence electrons. The van der Waals surface area contributed by atoms with Crippen molar-refractivity contribution in [1.82, 2.24) is 15.0 Å². The van der Waals surface area contributed by atoms with E-state index >= 15 is 0 Å². The van der Waals surface area contributed by atoms with E-state index in [1.54, 1.807) is 43.6 Å². The van der Waals surface area contributed by atoms with E-state index in [0.29, 0.717) is 35.2 Å². The van der Waals surface area contributed by atoms with Crippen LogP contribution in [0.15, 0.2) is 42.4 Å². The monoisotopic (exact) mass is 372 g/mol. The fourth-order valence-electron chi connectivity index (χ4n) is 2.24. The molecule has 6 N–H and O–H groups in total. The van der Waals surface area contributed by atoms with Crippen molar-refractivity contribution in [3.8, 4) is 5.75 Å². The Morgan fingerprint density at radius 3 is 2.63 bits per heavy atom. The molecule has 0 radical (unpaired) electrons. The molecule has 0 unspecified atom stereocenters. The Balaban J connectivity index is 1.86. The van der Waals surface area contributed by atoms with Crippen molar-refractivity contribution in [2.45, 2.75) is 19.9 Å². The second-order valence-corrected chi connectivity index (χ2v) is 5.89. The number of hydrogen-bond donors (Lipinski definition) is 3. The molecular weight excluding hydrogens is 348 g/mol. The molecule has 2 aromatic rings. The van der Waals surface area contributed by atoms with Gasteiger partial charge in [-0.05, 0) is 24.6 Å². The maximum atomic E-state index is 11.2. The minimum Gasteiger partial charge on any atom is -0.487 e. The van der Waals surface area contributed by atoms with E-state index in [1.807, 2.05) is 0 Å². The molecule has 1 heterocycles. The number of aromatic nitrogens is 2. The van der Waals surface area contributed by atoms with Crippen molar-refractivity contribution in [3.05, 3.63) is 59.3 Å². The van der Waals surface area contributed by atoms with Gasteiger partial charge in [-0.2, -0.15) is 0 Å². The maximum absolute atomic E-state index is 11.2. The van der Waals surface area contributed by atoms with Crippen LogP contribution in [0.25, 0.3) is 0 Å². The predicted molar refractivity (Wildman–Crippen MR) is 101 cm³/mol. The average Bonchev–Trinajstić information content (AvgIpc) is 2.63. The van der Waals surface area contributed by atoms with Gasteiger partial charge in [0, 0.05) is 18.0 Å². The van der Waals surface area contributed by atoms with Crippen LogP contribution in [0.2, 0.25) is 0 Å². The largest absolute Gasteiger partial charge is 0.487 e. The number of carbonyl (C=O) groups is 1. The van der Waals surface area contributed by atoms with Crippen LogP contribution in [0.5, 0.6) is 5.75 Å². The smallest absolute Gasteiger partial charge is 0.309 e. The number of methoxy groups -OCH3 is 1. The number of carbonyl (C=O) groups excluding carboxylic acids is 1. The van der Waals surface area contributed by atoms with Crippen molar-refractivity contribution in [2.24, 2.45) is 11.6 Å². The number of anilines is 1. The summed E-state index contributed by atoms with van der Waals surface area (Å²) in [5, 5.41) is 1.39. The number of nitrogens with two attached hydrogens (primary N) is 3. The lowest BCUT2D eigenvalue weighted by molar-refractivity contribution is -0.139. The lowest BCUT2D eigenvalue weighted by atomic mass is 10.1. The van der Waals surface area contributed by atoms with E-state index < -0.39 is 0 Å². The Kier molecular flexibility index (Phi) is 6.95. The molecular formula is C18H24N6O3. The third-order valence-corrected chi connectivity index (χ3v) is 3.61. The van der Waals surface area contributed by atoms with Crippen molar-refractivity contribution < 1.29 is 14.3 Å². The molecule has 1 aromatic carbocycles. The Bertz CT molecular complexity index is 807. The highest BCUT2D eigenvalue weighted by atomic mass is 16.5. The molecule has 0 aliphatic rings. The lowest BCUT2D eigenvalue weighted by Crippen LogP contribution is -2.27. The highest BCUT2D eigenvalue weighted by Gasteiger charge is 2.06. The van der Waals surface area contributed by atoms with Crippen LogP contribution in [-0.4, -0.2) is 34.7 Å². The number of rotatable bonds is 8. The third-order valence-electron chi connectivity index (χ3n) is 3.61. The zero-order chi connectivity index (χ0) is 19.8. The van der Waals surface area contributed by atoms with Gasteiger partial charge in [0.05, 0.1) is 25.8 Å². The quantitative estimate of drug-likeness (QED) is 0.345. The third kappa shape index (κ3) is 6.48. The average molecular weight is 372 g/mol. The first-order valence-corrected chi connectivity index (χ1v) is 8.21. The standard InChI is InChI=1S/C18H24N6O3/c1-12-22-8-14(18(20)23-12)9-24(21)10-15(19)11-27-16-5-3-13(4-6-16)7-17(25)26-2/h3-6,8,10H,7,9,11,19,21H2,1-2H3,(H2,20,22,23)/b15-10-. The van der Waals surface area contributed by atoms with Crippen molar-refractivity contribution in [2.75, 3.05) is 19.5 Å². The molecule has 0 saturated heterocycles. The van der Waals surface area contributed by atoms with Gasteiger partial charge in [0.25, 0.3) is 0 Å². The minimum absolute atomic E-state index is 0.157. The topological polar surface area (TPSA) is 143 Å². The first-order chi connectivity index (χ1) is 12.9. The SMILES string of the molecule is COC(=O)Cc1ccc(OC/C(N)=C/N(N)Cc2cnc(C)nc2N)cc1. The van der Waals surface area contributed by atoms with Crippen LogP contribution in [-0.2, 0) is 22.5 Å². The number of hydrazine groups is 1. The van der Waals surface area contributed by atoms with Gasteiger partial charge in [-0.3, -0.25) is 4.79 Å². The molecule has 0 saturated carbocycles. The summed E-state index contributed by atoms with van der Waals surface area (Å²) in [6.07, 6.45) is 3.41. The molecule has 2 rings (SSSR count). The summed E-state index contributed by atoms with van der Waals surface area (Å²) in [6, 6.07) is 7.11. The number of ether oxygens (including phenoxy) is 2. The number of esters is 1. The summed E-state index contributed by atoms with van der Waals surface area (Å²) < 4.78 is 10.2. The molecule has 9 heteroatoms. The number of hydrogen-bond acceptors (Lipinski definition) is 9.